The Kier molecular flexibility index (Phi) is 3.65. The number of aromatic amines is 1. The molecule has 4 heteroatoms. The monoisotopic (exact) mass is 230 g/mol. The van der Waals surface area contributed by atoms with Gasteiger partial charge in [-0.15, -0.1) is 0 Å². The zero-order valence-electron chi connectivity index (χ0n) is 9.98. The molecule has 1 unspecified atom stereocenters. The standard InChI is InChI=1S/C13H18N4/c1-2-10(9-13-15-7-8-16-13)17-12-6-4-3-5-11(12)14/h3-8,10,17H,2,9,14H2,1H3,(H,15,16). The minimum atomic E-state index is 0.339. The molecule has 0 bridgehead atoms. The Labute approximate surface area is 101 Å². The number of hydrogen-bond acceptors (Lipinski definition) is 3. The van der Waals surface area contributed by atoms with E-state index in [1.54, 1.807) is 6.20 Å². The third-order valence-corrected chi connectivity index (χ3v) is 2.81. The van der Waals surface area contributed by atoms with E-state index in [9.17, 15) is 0 Å². The highest BCUT2D eigenvalue weighted by Crippen LogP contribution is 2.19. The molecule has 90 valence electrons. The van der Waals surface area contributed by atoms with Crippen molar-refractivity contribution in [2.24, 2.45) is 0 Å². The first-order chi connectivity index (χ1) is 8.29. The normalized spacial score (nSPS) is 12.3. The quantitative estimate of drug-likeness (QED) is 0.691. The second-order valence-corrected chi connectivity index (χ2v) is 4.08. The van der Waals surface area contributed by atoms with Gasteiger partial charge in [0.15, 0.2) is 0 Å². The van der Waals surface area contributed by atoms with E-state index in [4.69, 9.17) is 5.73 Å². The van der Waals surface area contributed by atoms with E-state index < -0.39 is 0 Å². The fraction of sp³-hybridized carbons (Fsp3) is 0.308. The van der Waals surface area contributed by atoms with Crippen LogP contribution in [0.2, 0.25) is 0 Å². The van der Waals surface area contributed by atoms with E-state index in [1.807, 2.05) is 30.5 Å². The molecule has 0 aliphatic carbocycles. The number of rotatable bonds is 5. The van der Waals surface area contributed by atoms with Crippen molar-refractivity contribution in [1.82, 2.24) is 9.97 Å². The number of H-pyrrole nitrogens is 1. The number of para-hydroxylation sites is 2. The number of aromatic nitrogens is 2. The van der Waals surface area contributed by atoms with Crippen molar-refractivity contribution < 1.29 is 0 Å². The van der Waals surface area contributed by atoms with Gasteiger partial charge in [0.05, 0.1) is 11.4 Å². The first-order valence-electron chi connectivity index (χ1n) is 5.89. The molecule has 0 aliphatic heterocycles. The average molecular weight is 230 g/mol. The highest BCUT2D eigenvalue weighted by molar-refractivity contribution is 5.65. The smallest absolute Gasteiger partial charge is 0.108 e. The van der Waals surface area contributed by atoms with Crippen LogP contribution in [0.5, 0.6) is 0 Å². The molecule has 0 fully saturated rings. The molecule has 1 aromatic carbocycles. The summed E-state index contributed by atoms with van der Waals surface area (Å²) < 4.78 is 0. The van der Waals surface area contributed by atoms with E-state index in [0.29, 0.717) is 6.04 Å². The maximum Gasteiger partial charge on any atom is 0.108 e. The molecule has 0 saturated carbocycles. The van der Waals surface area contributed by atoms with Gasteiger partial charge in [0.25, 0.3) is 0 Å². The maximum absolute atomic E-state index is 5.91. The molecule has 0 aliphatic rings. The maximum atomic E-state index is 5.91. The molecule has 17 heavy (non-hydrogen) atoms. The molecule has 0 amide bonds. The van der Waals surface area contributed by atoms with Gasteiger partial charge in [-0.2, -0.15) is 0 Å². The van der Waals surface area contributed by atoms with Gasteiger partial charge in [-0.25, -0.2) is 4.98 Å². The summed E-state index contributed by atoms with van der Waals surface area (Å²) in [4.78, 5) is 7.36. The Hall–Kier alpha value is -1.97. The summed E-state index contributed by atoms with van der Waals surface area (Å²) in [5.41, 5.74) is 7.69. The van der Waals surface area contributed by atoms with Crippen LogP contribution in [-0.4, -0.2) is 16.0 Å². The first-order valence-corrected chi connectivity index (χ1v) is 5.89. The lowest BCUT2D eigenvalue weighted by Gasteiger charge is -2.18. The van der Waals surface area contributed by atoms with Crippen LogP contribution < -0.4 is 11.1 Å². The predicted octanol–water partition coefficient (Wildman–Crippen LogP) is 2.43. The molecule has 4 nitrogen and oxygen atoms in total. The van der Waals surface area contributed by atoms with Crippen molar-refractivity contribution >= 4 is 11.4 Å². The zero-order valence-corrected chi connectivity index (χ0v) is 9.98. The van der Waals surface area contributed by atoms with Crippen molar-refractivity contribution in [2.45, 2.75) is 25.8 Å². The molecule has 1 aromatic heterocycles. The Morgan fingerprint density at radius 2 is 2.24 bits per heavy atom. The molecular formula is C13H18N4. The summed E-state index contributed by atoms with van der Waals surface area (Å²) in [6.45, 7) is 2.15. The van der Waals surface area contributed by atoms with Crippen LogP contribution >= 0.6 is 0 Å². The Balaban J connectivity index is 2.03. The zero-order chi connectivity index (χ0) is 12.1. The first kappa shape index (κ1) is 11.5. The molecule has 4 N–H and O–H groups in total. The van der Waals surface area contributed by atoms with Gasteiger partial charge >= 0.3 is 0 Å². The molecule has 1 heterocycles. The van der Waals surface area contributed by atoms with E-state index in [0.717, 1.165) is 30.0 Å². The predicted molar refractivity (Wildman–Crippen MR) is 70.8 cm³/mol. The molecule has 0 radical (unpaired) electrons. The Morgan fingerprint density at radius 1 is 1.41 bits per heavy atom. The number of nitrogens with zero attached hydrogens (tertiary/aromatic N) is 1. The van der Waals surface area contributed by atoms with Gasteiger partial charge < -0.3 is 16.0 Å². The molecule has 0 saturated heterocycles. The summed E-state index contributed by atoms with van der Waals surface area (Å²) in [6, 6.07) is 8.17. The summed E-state index contributed by atoms with van der Waals surface area (Å²) in [5, 5.41) is 3.45. The van der Waals surface area contributed by atoms with Crippen LogP contribution in [-0.2, 0) is 6.42 Å². The lowest BCUT2D eigenvalue weighted by Crippen LogP contribution is -2.22. The van der Waals surface area contributed by atoms with E-state index in [1.165, 1.54) is 0 Å². The van der Waals surface area contributed by atoms with Crippen LogP contribution in [0.1, 0.15) is 19.2 Å². The molecular weight excluding hydrogens is 212 g/mol. The number of hydrogen-bond donors (Lipinski definition) is 3. The highest BCUT2D eigenvalue weighted by Gasteiger charge is 2.09. The van der Waals surface area contributed by atoms with Gasteiger partial charge in [-0.1, -0.05) is 19.1 Å². The summed E-state index contributed by atoms with van der Waals surface area (Å²) in [5.74, 6) is 0.999. The molecule has 1 atom stereocenters. The number of benzene rings is 1. The lowest BCUT2D eigenvalue weighted by atomic mass is 10.1. The number of anilines is 2. The summed E-state index contributed by atoms with van der Waals surface area (Å²) in [6.07, 6.45) is 5.52. The fourth-order valence-electron chi connectivity index (χ4n) is 1.79. The van der Waals surface area contributed by atoms with E-state index in [-0.39, 0.29) is 0 Å². The number of nitrogens with one attached hydrogen (secondary N) is 2. The van der Waals surface area contributed by atoms with Crippen LogP contribution in [0, 0.1) is 0 Å². The van der Waals surface area contributed by atoms with Gasteiger partial charge in [0, 0.05) is 24.9 Å². The second-order valence-electron chi connectivity index (χ2n) is 4.08. The van der Waals surface area contributed by atoms with E-state index >= 15 is 0 Å². The number of imidazole rings is 1. The lowest BCUT2D eigenvalue weighted by molar-refractivity contribution is 0.670. The number of nitrogen functional groups attached to an aromatic ring is 1. The van der Waals surface area contributed by atoms with Crippen LogP contribution in [0.3, 0.4) is 0 Å². The van der Waals surface area contributed by atoms with Crippen LogP contribution in [0.4, 0.5) is 11.4 Å². The van der Waals surface area contributed by atoms with Crippen molar-refractivity contribution in [2.75, 3.05) is 11.1 Å². The van der Waals surface area contributed by atoms with Crippen LogP contribution in [0.25, 0.3) is 0 Å². The topological polar surface area (TPSA) is 66.7 Å². The number of nitrogens with two attached hydrogens (primary N) is 1. The van der Waals surface area contributed by atoms with Crippen molar-refractivity contribution in [3.63, 3.8) is 0 Å². The van der Waals surface area contributed by atoms with Crippen molar-refractivity contribution in [3.05, 3.63) is 42.5 Å². The third kappa shape index (κ3) is 3.00. The van der Waals surface area contributed by atoms with Gasteiger partial charge in [0.2, 0.25) is 0 Å². The minimum absolute atomic E-state index is 0.339. The molecule has 0 spiro atoms. The Morgan fingerprint density at radius 3 is 2.88 bits per heavy atom. The largest absolute Gasteiger partial charge is 0.397 e. The van der Waals surface area contributed by atoms with Crippen molar-refractivity contribution in [1.29, 1.82) is 0 Å². The average Bonchev–Trinajstić information content (AvgIpc) is 2.84. The van der Waals surface area contributed by atoms with Crippen LogP contribution in [0.15, 0.2) is 36.7 Å². The van der Waals surface area contributed by atoms with Gasteiger partial charge in [0.1, 0.15) is 5.82 Å². The van der Waals surface area contributed by atoms with Crippen molar-refractivity contribution in [3.8, 4) is 0 Å². The minimum Gasteiger partial charge on any atom is -0.397 e. The molecule has 2 rings (SSSR count). The second kappa shape index (κ2) is 5.39. The van der Waals surface area contributed by atoms with Gasteiger partial charge in [-0.05, 0) is 18.6 Å². The highest BCUT2D eigenvalue weighted by atomic mass is 15.0. The van der Waals surface area contributed by atoms with Gasteiger partial charge in [-0.3, -0.25) is 0 Å². The van der Waals surface area contributed by atoms with E-state index in [2.05, 4.69) is 22.2 Å². The summed E-state index contributed by atoms with van der Waals surface area (Å²) in [7, 11) is 0. The fourth-order valence-corrected chi connectivity index (χ4v) is 1.79. The third-order valence-electron chi connectivity index (χ3n) is 2.81. The SMILES string of the molecule is CCC(Cc1ncc[nH]1)Nc1ccccc1N. The molecule has 2 aromatic rings. The summed E-state index contributed by atoms with van der Waals surface area (Å²) >= 11 is 0. The Bertz CT molecular complexity index is 450.